The fraction of sp³-hybridized carbons (Fsp3) is 0.0500. The number of fused-ring (bicyclic) bond motifs is 1. The van der Waals surface area contributed by atoms with Crippen LogP contribution in [0.2, 0.25) is 0 Å². The monoisotopic (exact) mass is 363 g/mol. The molecule has 7 heteroatoms. The number of hydrogen-bond acceptors (Lipinski definition) is 3. The molecule has 134 valence electrons. The number of amides is 4. The van der Waals surface area contributed by atoms with Gasteiger partial charge in [0.15, 0.2) is 0 Å². The maximum absolute atomic E-state index is 14.0. The molecule has 0 saturated carbocycles. The second-order valence-corrected chi connectivity index (χ2v) is 6.12. The number of carbonyl (C=O) groups excluding carboxylic acids is 3. The van der Waals surface area contributed by atoms with Crippen molar-refractivity contribution in [1.82, 2.24) is 15.2 Å². The van der Waals surface area contributed by atoms with E-state index in [1.807, 2.05) is 39.5 Å². The zero-order valence-corrected chi connectivity index (χ0v) is 14.0. The lowest BCUT2D eigenvalue weighted by Crippen LogP contribution is -2.51. The van der Waals surface area contributed by atoms with Gasteiger partial charge in [-0.15, -0.1) is 0 Å². The molecule has 0 spiro atoms. The van der Waals surface area contributed by atoms with Gasteiger partial charge in [-0.3, -0.25) is 20.2 Å². The maximum Gasteiger partial charge on any atom is 0.328 e. The minimum absolute atomic E-state index is 0.164. The van der Waals surface area contributed by atoms with Gasteiger partial charge < -0.3 is 4.57 Å². The molecule has 1 saturated heterocycles. The second kappa shape index (κ2) is 6.53. The molecule has 0 bridgehead atoms. The van der Waals surface area contributed by atoms with Gasteiger partial charge in [0.2, 0.25) is 0 Å². The van der Waals surface area contributed by atoms with E-state index in [9.17, 15) is 18.8 Å². The van der Waals surface area contributed by atoms with Crippen molar-refractivity contribution in [1.29, 1.82) is 0 Å². The van der Waals surface area contributed by atoms with Crippen molar-refractivity contribution in [2.75, 3.05) is 0 Å². The molecule has 27 heavy (non-hydrogen) atoms. The molecule has 1 fully saturated rings. The van der Waals surface area contributed by atoms with Crippen LogP contribution in [0.25, 0.3) is 17.0 Å². The first-order valence-electron chi connectivity index (χ1n) is 8.22. The van der Waals surface area contributed by atoms with Crippen molar-refractivity contribution in [2.45, 2.75) is 6.54 Å². The van der Waals surface area contributed by atoms with Gasteiger partial charge in [-0.25, -0.2) is 9.18 Å². The minimum Gasteiger partial charge on any atom is -0.342 e. The van der Waals surface area contributed by atoms with Gasteiger partial charge in [0, 0.05) is 28.2 Å². The summed E-state index contributed by atoms with van der Waals surface area (Å²) in [6.07, 6.45) is 3.18. The number of aromatic nitrogens is 1. The average Bonchev–Trinajstić information content (AvgIpc) is 2.98. The number of para-hydroxylation sites is 1. The first kappa shape index (κ1) is 16.7. The number of barbiturate groups is 1. The average molecular weight is 363 g/mol. The van der Waals surface area contributed by atoms with Crippen molar-refractivity contribution < 1.29 is 18.8 Å². The zero-order valence-electron chi connectivity index (χ0n) is 14.0. The van der Waals surface area contributed by atoms with Crippen LogP contribution in [0.4, 0.5) is 9.18 Å². The summed E-state index contributed by atoms with van der Waals surface area (Å²) in [5.74, 6) is -1.82. The third-order valence-electron chi connectivity index (χ3n) is 4.36. The summed E-state index contributed by atoms with van der Waals surface area (Å²) in [5.41, 5.74) is 1.82. The Morgan fingerprint density at radius 3 is 2.33 bits per heavy atom. The molecule has 2 N–H and O–H groups in total. The number of nitrogens with one attached hydrogen (secondary N) is 2. The molecule has 0 atom stereocenters. The highest BCUT2D eigenvalue weighted by molar-refractivity contribution is 6.31. The fourth-order valence-corrected chi connectivity index (χ4v) is 3.09. The SMILES string of the molecule is O=C1NC(=O)C(=Cc2cn(Cc3ccccc3F)c3ccccc23)C(=O)N1. The Labute approximate surface area is 153 Å². The highest BCUT2D eigenvalue weighted by Crippen LogP contribution is 2.25. The summed E-state index contributed by atoms with van der Waals surface area (Å²) in [5, 5.41) is 4.90. The van der Waals surface area contributed by atoms with E-state index in [1.165, 1.54) is 12.1 Å². The number of benzene rings is 2. The quantitative estimate of drug-likeness (QED) is 0.554. The van der Waals surface area contributed by atoms with Crippen LogP contribution < -0.4 is 10.6 Å². The predicted octanol–water partition coefficient (Wildman–Crippen LogP) is 2.58. The van der Waals surface area contributed by atoms with E-state index < -0.39 is 17.8 Å². The zero-order chi connectivity index (χ0) is 19.0. The Bertz CT molecular complexity index is 1110. The van der Waals surface area contributed by atoms with Crippen LogP contribution >= 0.6 is 0 Å². The molecular weight excluding hydrogens is 349 g/mol. The first-order chi connectivity index (χ1) is 13.0. The maximum atomic E-state index is 14.0. The van der Waals surface area contributed by atoms with E-state index in [1.54, 1.807) is 24.4 Å². The number of carbonyl (C=O) groups is 3. The smallest absolute Gasteiger partial charge is 0.328 e. The predicted molar refractivity (Wildman–Crippen MR) is 97.1 cm³/mol. The van der Waals surface area contributed by atoms with Crippen molar-refractivity contribution in [2.24, 2.45) is 0 Å². The van der Waals surface area contributed by atoms with Gasteiger partial charge >= 0.3 is 6.03 Å². The molecule has 0 unspecified atom stereocenters. The number of imide groups is 2. The summed E-state index contributed by atoms with van der Waals surface area (Å²) >= 11 is 0. The number of halogens is 1. The van der Waals surface area contributed by atoms with E-state index >= 15 is 0 Å². The largest absolute Gasteiger partial charge is 0.342 e. The number of urea groups is 1. The van der Waals surface area contributed by atoms with Crippen molar-refractivity contribution in [3.05, 3.63) is 77.2 Å². The lowest BCUT2D eigenvalue weighted by Gasteiger charge is -2.13. The van der Waals surface area contributed by atoms with Gasteiger partial charge in [-0.05, 0) is 18.2 Å². The van der Waals surface area contributed by atoms with Crippen LogP contribution in [0.3, 0.4) is 0 Å². The fourth-order valence-electron chi connectivity index (χ4n) is 3.09. The number of hydrogen-bond donors (Lipinski definition) is 2. The van der Waals surface area contributed by atoms with Gasteiger partial charge in [-0.1, -0.05) is 36.4 Å². The molecule has 0 aliphatic carbocycles. The number of rotatable bonds is 3. The van der Waals surface area contributed by atoms with Crippen molar-refractivity contribution in [3.63, 3.8) is 0 Å². The Hall–Kier alpha value is -3.74. The molecule has 2 aromatic carbocycles. The van der Waals surface area contributed by atoms with Crippen LogP contribution in [0.5, 0.6) is 0 Å². The highest BCUT2D eigenvalue weighted by Gasteiger charge is 2.28. The van der Waals surface area contributed by atoms with Gasteiger partial charge in [0.05, 0.1) is 6.54 Å². The summed E-state index contributed by atoms with van der Waals surface area (Å²) in [6, 6.07) is 13.1. The van der Waals surface area contributed by atoms with Crippen LogP contribution in [0.15, 0.2) is 60.3 Å². The molecule has 6 nitrogen and oxygen atoms in total. The van der Waals surface area contributed by atoms with Crippen molar-refractivity contribution >= 4 is 34.8 Å². The standard InChI is InChI=1S/C20H14FN3O3/c21-16-7-3-1-5-12(16)10-24-11-13(14-6-2-4-8-17(14)24)9-15-18(25)22-20(27)23-19(15)26/h1-9,11H,10H2,(H2,22,23,25,26,27). The summed E-state index contributed by atoms with van der Waals surface area (Å²) < 4.78 is 15.9. The Kier molecular flexibility index (Phi) is 4.04. The molecule has 4 rings (SSSR count). The third kappa shape index (κ3) is 3.10. The highest BCUT2D eigenvalue weighted by atomic mass is 19.1. The Balaban J connectivity index is 1.80. The van der Waals surface area contributed by atoms with Gasteiger partial charge in [0.25, 0.3) is 11.8 Å². The second-order valence-electron chi connectivity index (χ2n) is 6.12. The lowest BCUT2D eigenvalue weighted by molar-refractivity contribution is -0.123. The van der Waals surface area contributed by atoms with E-state index in [-0.39, 0.29) is 11.4 Å². The molecule has 4 amide bonds. The summed E-state index contributed by atoms with van der Waals surface area (Å²) in [7, 11) is 0. The first-order valence-corrected chi connectivity index (χ1v) is 8.22. The normalized spacial score (nSPS) is 14.3. The van der Waals surface area contributed by atoms with Crippen molar-refractivity contribution in [3.8, 4) is 0 Å². The molecule has 2 heterocycles. The summed E-state index contributed by atoms with van der Waals surface area (Å²) in [6.45, 7) is 0.299. The van der Waals surface area contributed by atoms with Crippen LogP contribution in [0, 0.1) is 5.82 Å². The van der Waals surface area contributed by atoms with E-state index in [2.05, 4.69) is 0 Å². The Morgan fingerprint density at radius 1 is 0.926 bits per heavy atom. The molecule has 1 aromatic heterocycles. The molecule has 1 aliphatic rings. The molecular formula is C20H14FN3O3. The van der Waals surface area contributed by atoms with Gasteiger partial charge in [0.1, 0.15) is 11.4 Å². The van der Waals surface area contributed by atoms with E-state index in [0.29, 0.717) is 17.7 Å². The lowest BCUT2D eigenvalue weighted by atomic mass is 10.1. The van der Waals surface area contributed by atoms with Crippen LogP contribution in [-0.4, -0.2) is 22.4 Å². The molecule has 3 aromatic rings. The minimum atomic E-state index is -0.843. The molecule has 1 aliphatic heterocycles. The summed E-state index contributed by atoms with van der Waals surface area (Å²) in [4.78, 5) is 35.2. The Morgan fingerprint density at radius 2 is 1.59 bits per heavy atom. The van der Waals surface area contributed by atoms with Crippen LogP contribution in [-0.2, 0) is 16.1 Å². The van der Waals surface area contributed by atoms with Crippen LogP contribution in [0.1, 0.15) is 11.1 Å². The van der Waals surface area contributed by atoms with Gasteiger partial charge in [-0.2, -0.15) is 0 Å². The number of nitrogens with zero attached hydrogens (tertiary/aromatic N) is 1. The molecule has 0 radical (unpaired) electrons. The van der Waals surface area contributed by atoms with E-state index in [4.69, 9.17) is 0 Å². The van der Waals surface area contributed by atoms with E-state index in [0.717, 1.165) is 10.9 Å². The third-order valence-corrected chi connectivity index (χ3v) is 4.36. The topological polar surface area (TPSA) is 80.2 Å².